The van der Waals surface area contributed by atoms with Gasteiger partial charge in [0.1, 0.15) is 5.75 Å². The number of nitrogens with one attached hydrogen (secondary N) is 1. The predicted octanol–water partition coefficient (Wildman–Crippen LogP) is 1.98. The summed E-state index contributed by atoms with van der Waals surface area (Å²) in [6, 6.07) is 6.97. The first-order valence-electron chi connectivity index (χ1n) is 5.74. The summed E-state index contributed by atoms with van der Waals surface area (Å²) in [5, 5.41) is 2.64. The second-order valence-electron chi connectivity index (χ2n) is 3.70. The monoisotopic (exact) mass is 251 g/mol. The molecule has 0 saturated carbocycles. The molecule has 0 aliphatic carbocycles. The van der Waals surface area contributed by atoms with E-state index in [0.29, 0.717) is 12.3 Å². The van der Waals surface area contributed by atoms with Crippen molar-refractivity contribution < 1.29 is 19.1 Å². The van der Waals surface area contributed by atoms with Gasteiger partial charge in [0.15, 0.2) is 6.10 Å². The Hall–Kier alpha value is -2.04. The molecule has 98 valence electrons. The smallest absolute Gasteiger partial charge is 0.303 e. The van der Waals surface area contributed by atoms with Gasteiger partial charge in [0.05, 0.1) is 6.61 Å². The molecule has 1 amide bonds. The van der Waals surface area contributed by atoms with Crippen LogP contribution >= 0.6 is 0 Å². The van der Waals surface area contributed by atoms with Gasteiger partial charge in [-0.3, -0.25) is 9.59 Å². The van der Waals surface area contributed by atoms with Crippen molar-refractivity contribution in [2.24, 2.45) is 0 Å². The van der Waals surface area contributed by atoms with E-state index in [9.17, 15) is 9.59 Å². The Bertz CT molecular complexity index is 414. The normalized spacial score (nSPS) is 11.5. The number of rotatable bonds is 5. The third kappa shape index (κ3) is 4.45. The van der Waals surface area contributed by atoms with E-state index in [2.05, 4.69) is 5.32 Å². The first-order chi connectivity index (χ1) is 8.52. The highest BCUT2D eigenvalue weighted by Crippen LogP contribution is 2.15. The van der Waals surface area contributed by atoms with Crippen molar-refractivity contribution in [3.8, 4) is 5.75 Å². The summed E-state index contributed by atoms with van der Waals surface area (Å²) in [4.78, 5) is 22.3. The number of carbonyl (C=O) groups excluding carboxylic acids is 2. The van der Waals surface area contributed by atoms with Crippen LogP contribution in [0.5, 0.6) is 5.75 Å². The standard InChI is InChI=1S/C13H17NO4/c1-4-17-12-7-5-11(6-8-12)14-13(16)9(2)18-10(3)15/h5-9H,4H2,1-3H3,(H,14,16)/t9-/m1/s1. The molecule has 0 aliphatic heterocycles. The molecule has 1 rings (SSSR count). The van der Waals surface area contributed by atoms with Gasteiger partial charge >= 0.3 is 5.97 Å². The molecule has 0 heterocycles. The van der Waals surface area contributed by atoms with Gasteiger partial charge in [-0.05, 0) is 38.1 Å². The summed E-state index contributed by atoms with van der Waals surface area (Å²) in [5.74, 6) is -0.109. The molecular formula is C13H17NO4. The number of carbonyl (C=O) groups is 2. The zero-order valence-electron chi connectivity index (χ0n) is 10.7. The maximum Gasteiger partial charge on any atom is 0.303 e. The minimum atomic E-state index is -0.811. The summed E-state index contributed by atoms with van der Waals surface area (Å²) in [7, 11) is 0. The van der Waals surface area contributed by atoms with Crippen molar-refractivity contribution in [2.45, 2.75) is 26.9 Å². The van der Waals surface area contributed by atoms with Gasteiger partial charge in [-0.1, -0.05) is 0 Å². The van der Waals surface area contributed by atoms with Crippen molar-refractivity contribution >= 4 is 17.6 Å². The van der Waals surface area contributed by atoms with E-state index in [1.54, 1.807) is 24.3 Å². The molecule has 0 spiro atoms. The molecule has 0 aliphatic rings. The van der Waals surface area contributed by atoms with Crippen molar-refractivity contribution in [3.05, 3.63) is 24.3 Å². The molecule has 0 unspecified atom stereocenters. The van der Waals surface area contributed by atoms with Crippen LogP contribution in [0.2, 0.25) is 0 Å². The second-order valence-corrected chi connectivity index (χ2v) is 3.70. The quantitative estimate of drug-likeness (QED) is 0.813. The topological polar surface area (TPSA) is 64.6 Å². The zero-order chi connectivity index (χ0) is 13.5. The molecule has 1 aromatic carbocycles. The Morgan fingerprint density at radius 3 is 2.39 bits per heavy atom. The SMILES string of the molecule is CCOc1ccc(NC(=O)[C@@H](C)OC(C)=O)cc1. The van der Waals surface area contributed by atoms with Gasteiger partial charge in [0.25, 0.3) is 5.91 Å². The maximum atomic E-state index is 11.6. The van der Waals surface area contributed by atoms with Crippen molar-refractivity contribution in [1.29, 1.82) is 0 Å². The summed E-state index contributed by atoms with van der Waals surface area (Å²) in [6.07, 6.45) is -0.811. The molecule has 0 bridgehead atoms. The van der Waals surface area contributed by atoms with Gasteiger partial charge in [-0.2, -0.15) is 0 Å². The Morgan fingerprint density at radius 2 is 1.89 bits per heavy atom. The molecule has 0 radical (unpaired) electrons. The molecule has 5 nitrogen and oxygen atoms in total. The Morgan fingerprint density at radius 1 is 1.28 bits per heavy atom. The lowest BCUT2D eigenvalue weighted by Gasteiger charge is -2.12. The minimum Gasteiger partial charge on any atom is -0.494 e. The fourth-order valence-electron chi connectivity index (χ4n) is 1.35. The van der Waals surface area contributed by atoms with Crippen LogP contribution in [-0.2, 0) is 14.3 Å². The lowest BCUT2D eigenvalue weighted by atomic mass is 10.3. The number of anilines is 1. The average molecular weight is 251 g/mol. The molecular weight excluding hydrogens is 234 g/mol. The largest absolute Gasteiger partial charge is 0.494 e. The highest BCUT2D eigenvalue weighted by atomic mass is 16.5. The highest BCUT2D eigenvalue weighted by molar-refractivity contribution is 5.94. The summed E-state index contributed by atoms with van der Waals surface area (Å²) >= 11 is 0. The number of hydrogen-bond acceptors (Lipinski definition) is 4. The van der Waals surface area contributed by atoms with Crippen molar-refractivity contribution in [2.75, 3.05) is 11.9 Å². The van der Waals surface area contributed by atoms with E-state index >= 15 is 0 Å². The summed E-state index contributed by atoms with van der Waals surface area (Å²) < 4.78 is 10.1. The van der Waals surface area contributed by atoms with Crippen LogP contribution < -0.4 is 10.1 Å². The average Bonchev–Trinajstić information content (AvgIpc) is 2.31. The van der Waals surface area contributed by atoms with Crippen LogP contribution in [0.3, 0.4) is 0 Å². The number of hydrogen-bond donors (Lipinski definition) is 1. The van der Waals surface area contributed by atoms with Crippen LogP contribution in [0.4, 0.5) is 5.69 Å². The third-order valence-electron chi connectivity index (χ3n) is 2.14. The third-order valence-corrected chi connectivity index (χ3v) is 2.14. The number of benzene rings is 1. The van der Waals surface area contributed by atoms with Gasteiger partial charge in [-0.15, -0.1) is 0 Å². The molecule has 1 aromatic rings. The first kappa shape index (κ1) is 14.0. The van der Waals surface area contributed by atoms with E-state index in [1.807, 2.05) is 6.92 Å². The van der Waals surface area contributed by atoms with Crippen LogP contribution in [-0.4, -0.2) is 24.6 Å². The molecule has 0 aromatic heterocycles. The Labute approximate surface area is 106 Å². The fraction of sp³-hybridized carbons (Fsp3) is 0.385. The summed E-state index contributed by atoms with van der Waals surface area (Å²) in [6.45, 7) is 5.28. The fourth-order valence-corrected chi connectivity index (χ4v) is 1.35. The second kappa shape index (κ2) is 6.64. The first-order valence-corrected chi connectivity index (χ1v) is 5.74. The number of amides is 1. The van der Waals surface area contributed by atoms with E-state index in [4.69, 9.17) is 9.47 Å². The Balaban J connectivity index is 2.56. The molecule has 1 N–H and O–H groups in total. The van der Waals surface area contributed by atoms with Crippen LogP contribution in [0.25, 0.3) is 0 Å². The number of ether oxygens (including phenoxy) is 2. The van der Waals surface area contributed by atoms with Gasteiger partial charge < -0.3 is 14.8 Å². The lowest BCUT2D eigenvalue weighted by Crippen LogP contribution is -2.29. The van der Waals surface area contributed by atoms with Crippen LogP contribution in [0.1, 0.15) is 20.8 Å². The molecule has 0 saturated heterocycles. The van der Waals surface area contributed by atoms with E-state index < -0.39 is 12.1 Å². The molecule has 0 fully saturated rings. The van der Waals surface area contributed by atoms with Gasteiger partial charge in [0, 0.05) is 12.6 Å². The van der Waals surface area contributed by atoms with Crippen LogP contribution in [0.15, 0.2) is 24.3 Å². The van der Waals surface area contributed by atoms with E-state index in [-0.39, 0.29) is 5.91 Å². The van der Waals surface area contributed by atoms with Gasteiger partial charge in [-0.25, -0.2) is 0 Å². The van der Waals surface area contributed by atoms with Crippen LogP contribution in [0, 0.1) is 0 Å². The number of esters is 1. The summed E-state index contributed by atoms with van der Waals surface area (Å²) in [5.41, 5.74) is 0.627. The molecule has 5 heteroatoms. The molecule has 18 heavy (non-hydrogen) atoms. The van der Waals surface area contributed by atoms with Crippen molar-refractivity contribution in [1.82, 2.24) is 0 Å². The molecule has 1 atom stereocenters. The maximum absolute atomic E-state index is 11.6. The van der Waals surface area contributed by atoms with Crippen molar-refractivity contribution in [3.63, 3.8) is 0 Å². The lowest BCUT2D eigenvalue weighted by molar-refractivity contribution is -0.150. The Kier molecular flexibility index (Phi) is 5.17. The zero-order valence-corrected chi connectivity index (χ0v) is 10.7. The minimum absolute atomic E-state index is 0.366. The van der Waals surface area contributed by atoms with E-state index in [1.165, 1.54) is 13.8 Å². The predicted molar refractivity (Wildman–Crippen MR) is 67.5 cm³/mol. The van der Waals surface area contributed by atoms with Gasteiger partial charge in [0.2, 0.25) is 0 Å². The highest BCUT2D eigenvalue weighted by Gasteiger charge is 2.15. The van der Waals surface area contributed by atoms with E-state index in [0.717, 1.165) is 5.75 Å².